The van der Waals surface area contributed by atoms with E-state index in [0.717, 1.165) is 19.3 Å². The van der Waals surface area contributed by atoms with Gasteiger partial charge in [0.1, 0.15) is 0 Å². The summed E-state index contributed by atoms with van der Waals surface area (Å²) in [5.41, 5.74) is 0.167. The Kier molecular flexibility index (Phi) is 8.48. The number of benzene rings is 1. The molecule has 1 saturated heterocycles. The summed E-state index contributed by atoms with van der Waals surface area (Å²) < 4.78 is 26.9. The highest BCUT2D eigenvalue weighted by Crippen LogP contribution is 2.25. The van der Waals surface area contributed by atoms with Gasteiger partial charge in [0, 0.05) is 38.6 Å². The molecule has 2 rings (SSSR count). The molecule has 0 saturated carbocycles. The lowest BCUT2D eigenvalue weighted by molar-refractivity contribution is -0.122. The van der Waals surface area contributed by atoms with Crippen LogP contribution in [0, 0.1) is 0 Å². The molecular formula is C20H30ClN3O4S. The van der Waals surface area contributed by atoms with Gasteiger partial charge in [-0.1, -0.05) is 32.4 Å². The highest BCUT2D eigenvalue weighted by Gasteiger charge is 2.29. The molecule has 9 heteroatoms. The first-order chi connectivity index (χ1) is 13.7. The number of piperidine rings is 1. The van der Waals surface area contributed by atoms with E-state index < -0.39 is 10.0 Å². The van der Waals surface area contributed by atoms with E-state index in [4.69, 9.17) is 11.6 Å². The molecule has 1 heterocycles. The van der Waals surface area contributed by atoms with Gasteiger partial charge in [-0.15, -0.1) is 0 Å². The number of rotatable bonds is 8. The van der Waals surface area contributed by atoms with Crippen LogP contribution in [0.15, 0.2) is 23.1 Å². The van der Waals surface area contributed by atoms with Gasteiger partial charge in [0.2, 0.25) is 15.9 Å². The minimum atomic E-state index is -3.69. The van der Waals surface area contributed by atoms with E-state index in [-0.39, 0.29) is 33.3 Å². The molecule has 1 aromatic rings. The second kappa shape index (κ2) is 10.4. The van der Waals surface area contributed by atoms with Crippen molar-refractivity contribution >= 4 is 33.4 Å². The highest BCUT2D eigenvalue weighted by molar-refractivity contribution is 7.89. The van der Waals surface area contributed by atoms with Crippen molar-refractivity contribution in [2.24, 2.45) is 0 Å². The van der Waals surface area contributed by atoms with Gasteiger partial charge in [-0.05, 0) is 37.5 Å². The largest absolute Gasteiger partial charge is 0.352 e. The molecule has 1 fully saturated rings. The van der Waals surface area contributed by atoms with Crippen LogP contribution in [-0.4, -0.2) is 61.7 Å². The zero-order valence-corrected chi connectivity index (χ0v) is 18.9. The monoisotopic (exact) mass is 443 g/mol. The van der Waals surface area contributed by atoms with Gasteiger partial charge in [0.25, 0.3) is 5.91 Å². The zero-order valence-electron chi connectivity index (χ0n) is 17.3. The van der Waals surface area contributed by atoms with Gasteiger partial charge in [0.15, 0.2) is 0 Å². The predicted octanol–water partition coefficient (Wildman–Crippen LogP) is 2.89. The molecule has 29 heavy (non-hydrogen) atoms. The standard InChI is InChI=1S/C20H30ClN3O4S/c1-4-8-19(25)22-15-9-7-12-23(14-15)20(26)17-13-16(10-11-18(17)21)29(27,28)24(5-2)6-3/h10-11,13,15H,4-9,12,14H2,1-3H3,(H,22,25). The lowest BCUT2D eigenvalue weighted by Gasteiger charge is -2.33. The topological polar surface area (TPSA) is 86.8 Å². The summed E-state index contributed by atoms with van der Waals surface area (Å²) in [5.74, 6) is -0.335. The number of carbonyl (C=O) groups is 2. The SMILES string of the molecule is CCCC(=O)NC1CCCN(C(=O)c2cc(S(=O)(=O)N(CC)CC)ccc2Cl)C1. The molecule has 0 aliphatic carbocycles. The van der Waals surface area contributed by atoms with Crippen LogP contribution in [-0.2, 0) is 14.8 Å². The second-order valence-electron chi connectivity index (χ2n) is 7.14. The van der Waals surface area contributed by atoms with Crippen molar-refractivity contribution in [1.29, 1.82) is 0 Å². The van der Waals surface area contributed by atoms with Crippen LogP contribution in [0.3, 0.4) is 0 Å². The lowest BCUT2D eigenvalue weighted by atomic mass is 10.0. The Bertz CT molecular complexity index is 840. The minimum Gasteiger partial charge on any atom is -0.352 e. The van der Waals surface area contributed by atoms with Crippen LogP contribution in [0.4, 0.5) is 0 Å². The van der Waals surface area contributed by atoms with Gasteiger partial charge >= 0.3 is 0 Å². The first-order valence-corrected chi connectivity index (χ1v) is 11.9. The van der Waals surface area contributed by atoms with E-state index in [2.05, 4.69) is 5.32 Å². The minimum absolute atomic E-state index is 0.0165. The summed E-state index contributed by atoms with van der Waals surface area (Å²) in [6, 6.07) is 4.14. The number of sulfonamides is 1. The number of carbonyl (C=O) groups excluding carboxylic acids is 2. The number of amides is 2. The van der Waals surface area contributed by atoms with Crippen LogP contribution in [0.2, 0.25) is 5.02 Å². The van der Waals surface area contributed by atoms with Gasteiger partial charge in [-0.2, -0.15) is 4.31 Å². The Morgan fingerprint density at radius 2 is 1.93 bits per heavy atom. The maximum atomic E-state index is 13.1. The van der Waals surface area contributed by atoms with Crippen LogP contribution in [0.25, 0.3) is 0 Å². The molecule has 1 aromatic carbocycles. The van der Waals surface area contributed by atoms with Crippen molar-refractivity contribution in [2.45, 2.75) is 57.4 Å². The Balaban J connectivity index is 2.23. The van der Waals surface area contributed by atoms with E-state index in [1.54, 1.807) is 18.7 Å². The molecule has 2 amide bonds. The first-order valence-electron chi connectivity index (χ1n) is 10.1. The Hall–Kier alpha value is -1.64. The molecule has 1 aliphatic rings. The van der Waals surface area contributed by atoms with Gasteiger partial charge in [0.05, 0.1) is 15.5 Å². The third-order valence-electron chi connectivity index (χ3n) is 5.06. The van der Waals surface area contributed by atoms with E-state index in [9.17, 15) is 18.0 Å². The Labute approximate surface area is 178 Å². The van der Waals surface area contributed by atoms with Crippen molar-refractivity contribution in [1.82, 2.24) is 14.5 Å². The number of nitrogens with one attached hydrogen (secondary N) is 1. The summed E-state index contributed by atoms with van der Waals surface area (Å²) in [6.07, 6.45) is 2.80. The fourth-order valence-corrected chi connectivity index (χ4v) is 5.20. The molecule has 7 nitrogen and oxygen atoms in total. The van der Waals surface area contributed by atoms with E-state index in [1.807, 2.05) is 6.92 Å². The van der Waals surface area contributed by atoms with Crippen molar-refractivity contribution < 1.29 is 18.0 Å². The molecule has 1 unspecified atom stereocenters. The maximum absolute atomic E-state index is 13.1. The van der Waals surface area contributed by atoms with Gasteiger partial charge in [-0.3, -0.25) is 9.59 Å². The molecule has 1 N–H and O–H groups in total. The summed E-state index contributed by atoms with van der Waals surface area (Å²) >= 11 is 6.24. The molecule has 0 radical (unpaired) electrons. The summed E-state index contributed by atoms with van der Waals surface area (Å²) in [7, 11) is -3.69. The Morgan fingerprint density at radius 3 is 2.55 bits per heavy atom. The molecule has 0 spiro atoms. The second-order valence-corrected chi connectivity index (χ2v) is 9.48. The van der Waals surface area contributed by atoms with Crippen molar-refractivity contribution in [3.63, 3.8) is 0 Å². The fraction of sp³-hybridized carbons (Fsp3) is 0.600. The predicted molar refractivity (Wildman–Crippen MR) is 114 cm³/mol. The van der Waals surface area contributed by atoms with Crippen LogP contribution in [0.5, 0.6) is 0 Å². The molecule has 0 bridgehead atoms. The van der Waals surface area contributed by atoms with Crippen molar-refractivity contribution in [3.05, 3.63) is 28.8 Å². The lowest BCUT2D eigenvalue weighted by Crippen LogP contribution is -2.49. The smallest absolute Gasteiger partial charge is 0.255 e. The fourth-order valence-electron chi connectivity index (χ4n) is 3.52. The molecule has 0 aromatic heterocycles. The quantitative estimate of drug-likeness (QED) is 0.669. The van der Waals surface area contributed by atoms with Crippen LogP contribution >= 0.6 is 11.6 Å². The molecular weight excluding hydrogens is 414 g/mol. The third-order valence-corrected chi connectivity index (χ3v) is 7.44. The third kappa shape index (κ3) is 5.71. The summed E-state index contributed by atoms with van der Waals surface area (Å²) in [6.45, 7) is 7.09. The number of likely N-dealkylation sites (tertiary alicyclic amines) is 1. The average molecular weight is 444 g/mol. The number of hydrogen-bond acceptors (Lipinski definition) is 4. The van der Waals surface area contributed by atoms with Gasteiger partial charge in [-0.25, -0.2) is 8.42 Å². The van der Waals surface area contributed by atoms with E-state index in [1.165, 1.54) is 22.5 Å². The number of nitrogens with zero attached hydrogens (tertiary/aromatic N) is 2. The van der Waals surface area contributed by atoms with E-state index in [0.29, 0.717) is 32.6 Å². The number of hydrogen-bond donors (Lipinski definition) is 1. The van der Waals surface area contributed by atoms with Crippen molar-refractivity contribution in [2.75, 3.05) is 26.2 Å². The van der Waals surface area contributed by atoms with Crippen LogP contribution in [0.1, 0.15) is 56.8 Å². The molecule has 1 aliphatic heterocycles. The molecule has 162 valence electrons. The summed E-state index contributed by atoms with van der Waals surface area (Å²) in [5, 5.41) is 3.18. The van der Waals surface area contributed by atoms with Crippen molar-refractivity contribution in [3.8, 4) is 0 Å². The van der Waals surface area contributed by atoms with Crippen LogP contribution < -0.4 is 5.32 Å². The maximum Gasteiger partial charge on any atom is 0.255 e. The Morgan fingerprint density at radius 1 is 1.24 bits per heavy atom. The zero-order chi connectivity index (χ0) is 21.6. The highest BCUT2D eigenvalue weighted by atomic mass is 35.5. The van der Waals surface area contributed by atoms with E-state index >= 15 is 0 Å². The normalized spacial score (nSPS) is 17.4. The first kappa shape index (κ1) is 23.6. The number of halogens is 1. The summed E-state index contributed by atoms with van der Waals surface area (Å²) in [4.78, 5) is 26.7. The molecule has 1 atom stereocenters. The van der Waals surface area contributed by atoms with Gasteiger partial charge < -0.3 is 10.2 Å². The average Bonchev–Trinajstić information content (AvgIpc) is 2.68.